The molecule has 100 heavy (non-hydrogen) atoms. The average molecular weight is 1280 g/mol. The van der Waals surface area contributed by atoms with Gasteiger partial charge in [0.05, 0.1) is 11.4 Å². The van der Waals surface area contributed by atoms with E-state index in [1.165, 1.54) is 65.8 Å². The highest BCUT2D eigenvalue weighted by molar-refractivity contribution is 7.00. The molecule has 4 heteroatoms. The number of nitrogens with zero attached hydrogens (tertiary/aromatic N) is 2. The Morgan fingerprint density at radius 2 is 0.590 bits per heavy atom. The first-order chi connectivity index (χ1) is 49.3. The minimum absolute atomic E-state index is 0.216. The Morgan fingerprint density at radius 3 is 1.03 bits per heavy atom. The van der Waals surface area contributed by atoms with Gasteiger partial charge in [-0.3, -0.25) is 0 Å². The zero-order chi connectivity index (χ0) is 66.6. The zero-order valence-corrected chi connectivity index (χ0v) is 55.9. The minimum atomic E-state index is -0.308. The van der Waals surface area contributed by atoms with Crippen LogP contribution in [0.5, 0.6) is 0 Å². The van der Waals surface area contributed by atoms with Gasteiger partial charge in [0.2, 0.25) is 0 Å². The molecule has 0 fully saturated rings. The van der Waals surface area contributed by atoms with Crippen molar-refractivity contribution in [2.24, 2.45) is 0 Å². The van der Waals surface area contributed by atoms with Crippen LogP contribution in [0.1, 0.15) is 26.3 Å². The standard InChI is InChI=1S/C96H67BN2O/c1-96(2,3)72-60-87-93-88(61-72)99(95-75(64-32-14-6-15-33-64)45-27-46-76(95)65-34-16-7-17-35-65)86-58-70(71-48-52-78-77-40-24-25-47-89(77)100-90(78)59-71)51-55-84(86)97(93)83-54-50-69(57-85(83)98(87)94-73(62-28-10-4-11-29-62)43-26-44-74(94)63-30-12-5-13-31-63)68-49-53-81-82(56-68)92(67-38-20-9-21-39-67)80-42-23-22-41-79(80)91(81)66-36-18-8-19-37-66/h4-61H,1-3H3. The van der Waals surface area contributed by atoms with Gasteiger partial charge in [-0.15, -0.1) is 0 Å². The summed E-state index contributed by atoms with van der Waals surface area (Å²) in [6, 6.07) is 131. The first-order valence-corrected chi connectivity index (χ1v) is 34.8. The van der Waals surface area contributed by atoms with Crippen LogP contribution in [0, 0.1) is 0 Å². The summed E-state index contributed by atoms with van der Waals surface area (Å²) >= 11 is 0. The fraction of sp³-hybridized carbons (Fsp3) is 0.0417. The van der Waals surface area contributed by atoms with Gasteiger partial charge < -0.3 is 14.2 Å². The number of para-hydroxylation sites is 3. The van der Waals surface area contributed by atoms with Crippen LogP contribution in [-0.2, 0) is 5.41 Å². The van der Waals surface area contributed by atoms with E-state index in [0.717, 1.165) is 123 Å². The van der Waals surface area contributed by atoms with Gasteiger partial charge >= 0.3 is 0 Å². The van der Waals surface area contributed by atoms with Crippen molar-refractivity contribution in [1.29, 1.82) is 0 Å². The van der Waals surface area contributed by atoms with Gasteiger partial charge in [-0.25, -0.2) is 0 Å². The predicted octanol–water partition coefficient (Wildman–Crippen LogP) is 24.6. The molecule has 0 atom stereocenters. The molecular weight excluding hydrogens is 1210 g/mol. The third-order valence-corrected chi connectivity index (χ3v) is 21.0. The first kappa shape index (κ1) is 58.8. The van der Waals surface area contributed by atoms with Crippen molar-refractivity contribution in [2.75, 3.05) is 9.80 Å². The zero-order valence-electron chi connectivity index (χ0n) is 55.9. The lowest BCUT2D eigenvalue weighted by Crippen LogP contribution is -2.61. The van der Waals surface area contributed by atoms with E-state index in [4.69, 9.17) is 4.42 Å². The van der Waals surface area contributed by atoms with Gasteiger partial charge in [-0.05, 0) is 164 Å². The molecule has 1 aromatic heterocycles. The van der Waals surface area contributed by atoms with E-state index in [-0.39, 0.29) is 12.1 Å². The van der Waals surface area contributed by atoms with Crippen molar-refractivity contribution in [3.05, 3.63) is 357 Å². The summed E-state index contributed by atoms with van der Waals surface area (Å²) < 4.78 is 6.67. The Labute approximate surface area is 583 Å². The summed E-state index contributed by atoms with van der Waals surface area (Å²) in [7, 11) is 0. The molecule has 0 radical (unpaired) electrons. The number of fused-ring (bicyclic) bond motifs is 9. The fourth-order valence-electron chi connectivity index (χ4n) is 16.3. The van der Waals surface area contributed by atoms with Crippen molar-refractivity contribution in [1.82, 2.24) is 0 Å². The average Bonchev–Trinajstić information content (AvgIpc) is 0.755. The van der Waals surface area contributed by atoms with Gasteiger partial charge in [-0.2, -0.15) is 0 Å². The number of benzene rings is 16. The molecule has 0 unspecified atom stereocenters. The van der Waals surface area contributed by atoms with Crippen LogP contribution in [0.3, 0.4) is 0 Å². The smallest absolute Gasteiger partial charge is 0.252 e. The number of hydrogen-bond donors (Lipinski definition) is 0. The van der Waals surface area contributed by atoms with Gasteiger partial charge in [-0.1, -0.05) is 324 Å². The highest BCUT2D eigenvalue weighted by Crippen LogP contribution is 2.55. The van der Waals surface area contributed by atoms with Crippen LogP contribution in [0.4, 0.5) is 34.1 Å². The van der Waals surface area contributed by atoms with Crippen molar-refractivity contribution < 1.29 is 4.42 Å². The number of rotatable bonds is 10. The van der Waals surface area contributed by atoms with Crippen LogP contribution in [0.15, 0.2) is 356 Å². The lowest BCUT2D eigenvalue weighted by Gasteiger charge is -2.46. The van der Waals surface area contributed by atoms with E-state index in [2.05, 4.69) is 382 Å². The second kappa shape index (κ2) is 23.7. The number of hydrogen-bond acceptors (Lipinski definition) is 3. The summed E-state index contributed by atoms with van der Waals surface area (Å²) in [4.78, 5) is 5.35. The third kappa shape index (κ3) is 9.65. The van der Waals surface area contributed by atoms with Crippen molar-refractivity contribution in [3.8, 4) is 89.0 Å². The van der Waals surface area contributed by atoms with E-state index < -0.39 is 0 Å². The maximum atomic E-state index is 6.67. The molecule has 0 spiro atoms. The molecule has 470 valence electrons. The lowest BCUT2D eigenvalue weighted by molar-refractivity contribution is 0.590. The molecule has 0 amide bonds. The van der Waals surface area contributed by atoms with E-state index in [1.807, 2.05) is 0 Å². The van der Waals surface area contributed by atoms with E-state index >= 15 is 0 Å². The molecule has 2 aliphatic heterocycles. The van der Waals surface area contributed by atoms with Gasteiger partial charge in [0.1, 0.15) is 11.2 Å². The van der Waals surface area contributed by atoms with Gasteiger partial charge in [0.25, 0.3) is 6.71 Å². The van der Waals surface area contributed by atoms with E-state index in [0.29, 0.717) is 0 Å². The Hall–Kier alpha value is -12.5. The molecule has 0 bridgehead atoms. The van der Waals surface area contributed by atoms with Gasteiger partial charge in [0, 0.05) is 55.8 Å². The highest BCUT2D eigenvalue weighted by Gasteiger charge is 2.46. The minimum Gasteiger partial charge on any atom is -0.456 e. The Balaban J connectivity index is 0.939. The molecule has 2 aliphatic rings. The Morgan fingerprint density at radius 1 is 0.250 bits per heavy atom. The second-order valence-corrected chi connectivity index (χ2v) is 27.8. The number of furan rings is 1. The third-order valence-electron chi connectivity index (χ3n) is 21.0. The normalized spacial score (nSPS) is 12.5. The van der Waals surface area contributed by atoms with Gasteiger partial charge in [0.15, 0.2) is 0 Å². The Bertz CT molecular complexity index is 5940. The van der Waals surface area contributed by atoms with Crippen molar-refractivity contribution in [3.63, 3.8) is 0 Å². The highest BCUT2D eigenvalue weighted by atomic mass is 16.3. The molecule has 17 aromatic rings. The molecular formula is C96H67BN2O. The summed E-state index contributed by atoms with van der Waals surface area (Å²) in [5, 5.41) is 7.12. The van der Waals surface area contributed by atoms with Crippen LogP contribution in [0.25, 0.3) is 132 Å². The largest absolute Gasteiger partial charge is 0.456 e. The maximum absolute atomic E-state index is 6.67. The van der Waals surface area contributed by atoms with Crippen molar-refractivity contribution in [2.45, 2.75) is 26.2 Å². The quantitative estimate of drug-likeness (QED) is 0.100. The SMILES string of the molecule is CC(C)(C)c1cc2c3c(c1)N(c1c(-c4ccccc4)cccc1-c1ccccc1)c1cc(-c4ccc5c(-c6ccccc6)c6ccccc6c(-c6ccccc6)c5c4)ccc1B3c1ccc(-c3ccc4c(c3)oc3ccccc34)cc1N2c1c(-c2ccccc2)cccc1-c1ccccc1. The molecule has 16 aromatic carbocycles. The summed E-state index contributed by atoms with van der Waals surface area (Å²) in [5.41, 5.74) is 31.6. The fourth-order valence-corrected chi connectivity index (χ4v) is 16.3. The topological polar surface area (TPSA) is 19.6 Å². The molecule has 0 saturated carbocycles. The predicted molar refractivity (Wildman–Crippen MR) is 425 cm³/mol. The Kier molecular flexibility index (Phi) is 13.9. The summed E-state index contributed by atoms with van der Waals surface area (Å²) in [5.74, 6) is 0. The number of anilines is 6. The molecule has 0 saturated heterocycles. The van der Waals surface area contributed by atoms with Crippen molar-refractivity contribution >= 4 is 101 Å². The van der Waals surface area contributed by atoms with E-state index in [1.54, 1.807) is 0 Å². The summed E-state index contributed by atoms with van der Waals surface area (Å²) in [6.45, 7) is 6.92. The summed E-state index contributed by atoms with van der Waals surface area (Å²) in [6.07, 6.45) is 0. The van der Waals surface area contributed by atoms with Crippen LogP contribution in [0.2, 0.25) is 0 Å². The molecule has 3 nitrogen and oxygen atoms in total. The molecule has 0 N–H and O–H groups in total. The van der Waals surface area contributed by atoms with Crippen LogP contribution in [-0.4, -0.2) is 6.71 Å². The molecule has 0 aliphatic carbocycles. The first-order valence-electron chi connectivity index (χ1n) is 34.8. The van der Waals surface area contributed by atoms with Crippen LogP contribution >= 0.6 is 0 Å². The maximum Gasteiger partial charge on any atom is 0.252 e. The van der Waals surface area contributed by atoms with Crippen LogP contribution < -0.4 is 26.2 Å². The monoisotopic (exact) mass is 1270 g/mol. The second-order valence-electron chi connectivity index (χ2n) is 27.8. The lowest BCUT2D eigenvalue weighted by atomic mass is 9.33. The van der Waals surface area contributed by atoms with E-state index in [9.17, 15) is 0 Å². The molecule has 19 rings (SSSR count). The molecule has 3 heterocycles.